The summed E-state index contributed by atoms with van der Waals surface area (Å²) in [6.45, 7) is 0. The zero-order valence-corrected chi connectivity index (χ0v) is 8.88. The van der Waals surface area contributed by atoms with Crippen molar-refractivity contribution >= 4 is 5.97 Å². The summed E-state index contributed by atoms with van der Waals surface area (Å²) in [5, 5.41) is 0. The van der Waals surface area contributed by atoms with Gasteiger partial charge in [-0.2, -0.15) is 0 Å². The third kappa shape index (κ3) is 9.65. The molecule has 0 spiro atoms. The fraction of sp³-hybridized carbons (Fsp3) is 0.571. The zero-order chi connectivity index (χ0) is 8.20. The first-order valence-electron chi connectivity index (χ1n) is 3.04. The topological polar surface area (TPSA) is 26.3 Å². The van der Waals surface area contributed by atoms with E-state index >= 15 is 0 Å². The molecule has 0 radical (unpaired) electrons. The van der Waals surface area contributed by atoms with Crippen LogP contribution in [0.5, 0.6) is 0 Å². The van der Waals surface area contributed by atoms with Crippen molar-refractivity contribution in [1.29, 1.82) is 0 Å². The summed E-state index contributed by atoms with van der Waals surface area (Å²) in [7, 11) is 7.24. The Kier molecular flexibility index (Phi) is 6.41. The second-order valence-corrected chi connectivity index (χ2v) is 2.96. The molecule has 0 aromatic carbocycles. The molecule has 0 saturated carbocycles. The number of carbonyl (C=O) groups is 1. The lowest BCUT2D eigenvalue weighted by atomic mass is 10.5. The van der Waals surface area contributed by atoms with E-state index in [2.05, 4.69) is 4.74 Å². The molecule has 0 aromatic rings. The Morgan fingerprint density at radius 3 is 2.09 bits per heavy atom. The van der Waals surface area contributed by atoms with Crippen molar-refractivity contribution in [3.8, 4) is 0 Å². The van der Waals surface area contributed by atoms with Gasteiger partial charge < -0.3 is 26.2 Å². The summed E-state index contributed by atoms with van der Waals surface area (Å²) in [4.78, 5) is 10.5. The van der Waals surface area contributed by atoms with Crippen LogP contribution in [0.3, 0.4) is 0 Å². The van der Waals surface area contributed by atoms with Gasteiger partial charge in [0, 0.05) is 0 Å². The van der Waals surface area contributed by atoms with Crippen molar-refractivity contribution in [3.63, 3.8) is 0 Å². The Balaban J connectivity index is 0. The Hall–Kier alpha value is -0.350. The first-order chi connectivity index (χ1) is 4.45. The minimum atomic E-state index is -0.312. The van der Waals surface area contributed by atoms with Crippen LogP contribution in [0.15, 0.2) is 12.3 Å². The summed E-state index contributed by atoms with van der Waals surface area (Å²) >= 11 is 0. The van der Waals surface area contributed by atoms with E-state index in [1.807, 2.05) is 21.1 Å². The molecule has 4 heteroatoms. The molecule has 0 bridgehead atoms. The Morgan fingerprint density at radius 2 is 1.82 bits per heavy atom. The summed E-state index contributed by atoms with van der Waals surface area (Å²) in [6, 6.07) is 0. The van der Waals surface area contributed by atoms with E-state index in [1.54, 1.807) is 6.20 Å². The highest BCUT2D eigenvalue weighted by molar-refractivity contribution is 5.81. The highest BCUT2D eigenvalue weighted by Crippen LogP contribution is 1.91. The average molecular weight is 224 g/mol. The molecule has 0 aliphatic rings. The average Bonchev–Trinajstić information content (AvgIpc) is 1.81. The first-order valence-corrected chi connectivity index (χ1v) is 3.04. The van der Waals surface area contributed by atoms with Gasteiger partial charge in [0.1, 0.15) is 6.20 Å². The van der Waals surface area contributed by atoms with E-state index in [1.165, 1.54) is 13.2 Å². The number of carbonyl (C=O) groups excluding carboxylic acids is 1. The van der Waals surface area contributed by atoms with Gasteiger partial charge >= 0.3 is 5.97 Å². The van der Waals surface area contributed by atoms with Crippen LogP contribution >= 0.6 is 0 Å². The largest absolute Gasteiger partial charge is 1.00 e. The molecule has 0 fully saturated rings. The number of quaternary nitrogens is 1. The van der Waals surface area contributed by atoms with Gasteiger partial charge in [0.15, 0.2) is 0 Å². The minimum absolute atomic E-state index is 0. The molecule has 0 aliphatic heterocycles. The molecule has 0 N–H and O–H groups in total. The Labute approximate surface area is 78.0 Å². The van der Waals surface area contributed by atoms with Gasteiger partial charge in [-0.05, 0) is 0 Å². The number of esters is 1. The van der Waals surface area contributed by atoms with Crippen LogP contribution in [0.2, 0.25) is 0 Å². The molecule has 3 nitrogen and oxygen atoms in total. The number of nitrogens with zero attached hydrogens (tertiary/aromatic N) is 1. The van der Waals surface area contributed by atoms with Gasteiger partial charge in [-0.3, -0.25) is 0 Å². The molecule has 0 aromatic heterocycles. The molecular weight excluding hydrogens is 210 g/mol. The number of hydrogen-bond acceptors (Lipinski definition) is 2. The number of methoxy groups -OCH3 is 1. The summed E-state index contributed by atoms with van der Waals surface area (Å²) in [5.41, 5.74) is 0. The monoisotopic (exact) mass is 223 g/mol. The maximum absolute atomic E-state index is 10.5. The van der Waals surface area contributed by atoms with E-state index in [4.69, 9.17) is 0 Å². The van der Waals surface area contributed by atoms with E-state index < -0.39 is 0 Å². The SMILES string of the molecule is COC(=O)/C=C/[N+](C)(C)C.[Br-]. The fourth-order valence-corrected chi connectivity index (χ4v) is 0.353. The Morgan fingerprint density at radius 1 is 1.36 bits per heavy atom. The number of ether oxygens (including phenoxy) is 1. The fourth-order valence-electron chi connectivity index (χ4n) is 0.353. The van der Waals surface area contributed by atoms with E-state index in [-0.39, 0.29) is 23.0 Å². The number of hydrogen-bond donors (Lipinski definition) is 0. The third-order valence-electron chi connectivity index (χ3n) is 0.859. The van der Waals surface area contributed by atoms with E-state index in [0.29, 0.717) is 4.48 Å². The molecule has 0 unspecified atom stereocenters. The van der Waals surface area contributed by atoms with Crippen LogP contribution in [0.1, 0.15) is 0 Å². The number of rotatable bonds is 2. The second kappa shape index (κ2) is 5.32. The number of halogens is 1. The van der Waals surface area contributed by atoms with Crippen molar-refractivity contribution in [2.75, 3.05) is 28.3 Å². The Bertz CT molecular complexity index is 149. The van der Waals surface area contributed by atoms with E-state index in [0.717, 1.165) is 0 Å². The lowest BCUT2D eigenvalue weighted by Gasteiger charge is -2.16. The van der Waals surface area contributed by atoms with Crippen LogP contribution < -0.4 is 17.0 Å². The molecule has 0 saturated heterocycles. The van der Waals surface area contributed by atoms with Gasteiger partial charge in [-0.1, -0.05) is 0 Å². The molecule has 0 atom stereocenters. The van der Waals surface area contributed by atoms with Gasteiger partial charge in [0.25, 0.3) is 0 Å². The third-order valence-corrected chi connectivity index (χ3v) is 0.859. The first kappa shape index (κ1) is 13.3. The van der Waals surface area contributed by atoms with Crippen molar-refractivity contribution in [3.05, 3.63) is 12.3 Å². The maximum Gasteiger partial charge on any atom is 0.335 e. The van der Waals surface area contributed by atoms with Gasteiger partial charge in [0.2, 0.25) is 0 Å². The lowest BCUT2D eigenvalue weighted by Crippen LogP contribution is -3.00. The summed E-state index contributed by atoms with van der Waals surface area (Å²) in [5.74, 6) is -0.312. The molecule has 0 rings (SSSR count). The second-order valence-electron chi connectivity index (χ2n) is 2.96. The van der Waals surface area contributed by atoms with Crippen LogP contribution in [0, 0.1) is 0 Å². The van der Waals surface area contributed by atoms with Crippen LogP contribution in [-0.4, -0.2) is 38.7 Å². The van der Waals surface area contributed by atoms with Crippen LogP contribution in [-0.2, 0) is 9.53 Å². The van der Waals surface area contributed by atoms with Crippen molar-refractivity contribution in [2.45, 2.75) is 0 Å². The molecular formula is C7H14BrNO2. The standard InChI is InChI=1S/C7H14NO2.BrH/c1-8(2,3)6-5-7(9)10-4;/h5-6H,1-4H3;1H/q+1;/p-1/b6-5+;. The van der Waals surface area contributed by atoms with Gasteiger partial charge in [-0.25, -0.2) is 4.79 Å². The summed E-state index contributed by atoms with van der Waals surface area (Å²) in [6.07, 6.45) is 3.17. The molecule has 0 amide bonds. The van der Waals surface area contributed by atoms with E-state index in [9.17, 15) is 4.79 Å². The van der Waals surface area contributed by atoms with Crippen molar-refractivity contribution in [2.24, 2.45) is 0 Å². The van der Waals surface area contributed by atoms with Crippen molar-refractivity contribution < 1.29 is 31.0 Å². The molecule has 11 heavy (non-hydrogen) atoms. The molecule has 0 aliphatic carbocycles. The highest BCUT2D eigenvalue weighted by Gasteiger charge is 2.01. The van der Waals surface area contributed by atoms with Crippen LogP contribution in [0.25, 0.3) is 0 Å². The van der Waals surface area contributed by atoms with Gasteiger partial charge in [0.05, 0.1) is 34.3 Å². The molecule has 66 valence electrons. The highest BCUT2D eigenvalue weighted by atomic mass is 79.9. The predicted molar refractivity (Wildman–Crippen MR) is 39.2 cm³/mol. The van der Waals surface area contributed by atoms with Crippen LogP contribution in [0.4, 0.5) is 0 Å². The predicted octanol–water partition coefficient (Wildman–Crippen LogP) is -2.62. The maximum atomic E-state index is 10.5. The summed E-state index contributed by atoms with van der Waals surface area (Å²) < 4.78 is 5.03. The minimum Gasteiger partial charge on any atom is -1.00 e. The molecule has 0 heterocycles. The smallest absolute Gasteiger partial charge is 0.335 e. The van der Waals surface area contributed by atoms with Crippen molar-refractivity contribution in [1.82, 2.24) is 0 Å². The quantitative estimate of drug-likeness (QED) is 0.292. The lowest BCUT2D eigenvalue weighted by molar-refractivity contribution is -0.817. The van der Waals surface area contributed by atoms with Gasteiger partial charge in [-0.15, -0.1) is 0 Å². The zero-order valence-electron chi connectivity index (χ0n) is 7.30. The normalized spacial score (nSPS) is 10.9.